The third-order valence-corrected chi connectivity index (χ3v) is 4.75. The normalized spacial score (nSPS) is 15.4. The molecule has 0 spiro atoms. The van der Waals surface area contributed by atoms with Gasteiger partial charge in [0, 0.05) is 5.69 Å². The average Bonchev–Trinajstić information content (AvgIpc) is 2.68. The molecule has 0 saturated heterocycles. The Kier molecular flexibility index (Phi) is 5.46. The molecule has 0 unspecified atom stereocenters. The molecule has 0 bridgehead atoms. The Hall–Kier alpha value is -3.88. The van der Waals surface area contributed by atoms with Crippen molar-refractivity contribution >= 4 is 40.9 Å². The fraction of sp³-hybridized carbons (Fsp3) is 0.238. The van der Waals surface area contributed by atoms with E-state index in [1.807, 2.05) is 0 Å². The summed E-state index contributed by atoms with van der Waals surface area (Å²) in [6, 6.07) is 12.1. The lowest BCUT2D eigenvalue weighted by atomic mass is 9.95. The number of hydrogen-bond acceptors (Lipinski definition) is 5. The zero-order chi connectivity index (χ0) is 22.1. The van der Waals surface area contributed by atoms with E-state index in [0.717, 1.165) is 0 Å². The minimum atomic E-state index is -1.17. The van der Waals surface area contributed by atoms with E-state index in [4.69, 9.17) is 10.5 Å². The highest BCUT2D eigenvalue weighted by atomic mass is 16.5. The lowest BCUT2D eigenvalue weighted by Crippen LogP contribution is -2.60. The minimum Gasteiger partial charge on any atom is -0.449 e. The number of fused-ring (bicyclic) bond motifs is 1. The van der Waals surface area contributed by atoms with Crippen LogP contribution in [0.5, 0.6) is 0 Å². The molecule has 9 heteroatoms. The second kappa shape index (κ2) is 7.86. The molecule has 0 aliphatic carbocycles. The van der Waals surface area contributed by atoms with Gasteiger partial charge in [0.05, 0.1) is 16.9 Å². The quantitative estimate of drug-likeness (QED) is 0.667. The molecule has 4 amide bonds. The van der Waals surface area contributed by atoms with Gasteiger partial charge in [0.25, 0.3) is 5.91 Å². The third kappa shape index (κ3) is 3.95. The number of primary amides is 1. The Morgan fingerprint density at radius 2 is 1.73 bits per heavy atom. The highest BCUT2D eigenvalue weighted by Gasteiger charge is 2.45. The van der Waals surface area contributed by atoms with Gasteiger partial charge >= 0.3 is 12.0 Å². The van der Waals surface area contributed by atoms with Crippen LogP contribution < -0.4 is 21.3 Å². The first-order chi connectivity index (χ1) is 14.1. The van der Waals surface area contributed by atoms with E-state index in [2.05, 4.69) is 10.6 Å². The van der Waals surface area contributed by atoms with Gasteiger partial charge in [-0.25, -0.2) is 9.59 Å². The van der Waals surface area contributed by atoms with Crippen LogP contribution >= 0.6 is 0 Å². The van der Waals surface area contributed by atoms with Gasteiger partial charge in [-0.1, -0.05) is 12.1 Å². The number of para-hydroxylation sites is 2. The number of urea groups is 1. The van der Waals surface area contributed by atoms with E-state index in [1.165, 1.54) is 36.1 Å². The van der Waals surface area contributed by atoms with Gasteiger partial charge in [-0.15, -0.1) is 0 Å². The molecule has 2 aromatic carbocycles. The summed E-state index contributed by atoms with van der Waals surface area (Å²) in [6.07, 6.45) is -1.14. The lowest BCUT2D eigenvalue weighted by Gasteiger charge is -2.42. The first-order valence-corrected chi connectivity index (χ1v) is 9.23. The molecule has 1 heterocycles. The van der Waals surface area contributed by atoms with Crippen LogP contribution in [-0.2, 0) is 14.3 Å². The number of amides is 4. The van der Waals surface area contributed by atoms with Crippen LogP contribution in [-0.4, -0.2) is 35.5 Å². The van der Waals surface area contributed by atoms with E-state index in [9.17, 15) is 19.2 Å². The van der Waals surface area contributed by atoms with Gasteiger partial charge < -0.3 is 21.1 Å². The number of ether oxygens (including phenoxy) is 1. The summed E-state index contributed by atoms with van der Waals surface area (Å²) in [6.45, 7) is 4.69. The van der Waals surface area contributed by atoms with Crippen molar-refractivity contribution in [1.82, 2.24) is 0 Å². The second-order valence-electron chi connectivity index (χ2n) is 7.32. The molecule has 0 radical (unpaired) electrons. The van der Waals surface area contributed by atoms with Crippen LogP contribution in [0.1, 0.15) is 31.1 Å². The van der Waals surface area contributed by atoms with Crippen molar-refractivity contribution in [2.45, 2.75) is 32.4 Å². The summed E-state index contributed by atoms with van der Waals surface area (Å²) < 4.78 is 5.34. The number of rotatable bonds is 4. The van der Waals surface area contributed by atoms with Crippen molar-refractivity contribution in [3.63, 3.8) is 0 Å². The van der Waals surface area contributed by atoms with E-state index in [-0.39, 0.29) is 11.5 Å². The number of hydrogen-bond donors (Lipinski definition) is 3. The van der Waals surface area contributed by atoms with Crippen molar-refractivity contribution in [2.24, 2.45) is 5.73 Å². The lowest BCUT2D eigenvalue weighted by molar-refractivity contribution is -0.131. The zero-order valence-electron chi connectivity index (χ0n) is 16.8. The molecule has 1 atom stereocenters. The molecule has 1 aliphatic rings. The van der Waals surface area contributed by atoms with Crippen LogP contribution in [0.3, 0.4) is 0 Å². The fourth-order valence-corrected chi connectivity index (χ4v) is 3.14. The molecule has 0 fully saturated rings. The second-order valence-corrected chi connectivity index (χ2v) is 7.32. The standard InChI is InChI=1S/C21H22N4O5/c1-12(30-18(27)13-8-10-14(11-9-13)23-20(22)29)17(26)25-16-7-5-4-6-15(16)24-19(28)21(25,2)3/h4-12H,1-3H3,(H,24,28)(H3,22,23,29)/t12-/m0/s1. The third-order valence-electron chi connectivity index (χ3n) is 4.75. The molecule has 3 rings (SSSR count). The van der Waals surface area contributed by atoms with E-state index >= 15 is 0 Å². The van der Waals surface area contributed by atoms with Crippen molar-refractivity contribution in [1.29, 1.82) is 0 Å². The van der Waals surface area contributed by atoms with Crippen molar-refractivity contribution in [3.8, 4) is 0 Å². The topological polar surface area (TPSA) is 131 Å². The maximum Gasteiger partial charge on any atom is 0.338 e. The monoisotopic (exact) mass is 410 g/mol. The van der Waals surface area contributed by atoms with E-state index in [1.54, 1.807) is 38.1 Å². The van der Waals surface area contributed by atoms with Crippen LogP contribution in [0.4, 0.5) is 21.9 Å². The number of benzene rings is 2. The van der Waals surface area contributed by atoms with Crippen LogP contribution in [0, 0.1) is 0 Å². The molecule has 0 aromatic heterocycles. The predicted octanol–water partition coefficient (Wildman–Crippen LogP) is 2.49. The molecule has 9 nitrogen and oxygen atoms in total. The number of carbonyl (C=O) groups excluding carboxylic acids is 4. The van der Waals surface area contributed by atoms with Crippen LogP contribution in [0.2, 0.25) is 0 Å². The number of esters is 1. The van der Waals surface area contributed by atoms with Gasteiger partial charge in [0.2, 0.25) is 5.91 Å². The zero-order valence-corrected chi connectivity index (χ0v) is 16.8. The smallest absolute Gasteiger partial charge is 0.338 e. The number of nitrogens with zero attached hydrogens (tertiary/aromatic N) is 1. The summed E-state index contributed by atoms with van der Waals surface area (Å²) in [5.41, 5.74) is 5.52. The molecular formula is C21H22N4O5. The maximum atomic E-state index is 13.2. The number of carbonyl (C=O) groups is 4. The summed E-state index contributed by atoms with van der Waals surface area (Å²) in [4.78, 5) is 50.4. The van der Waals surface area contributed by atoms with Crippen LogP contribution in [0.15, 0.2) is 48.5 Å². The number of nitrogens with one attached hydrogen (secondary N) is 2. The van der Waals surface area contributed by atoms with Crippen molar-refractivity contribution < 1.29 is 23.9 Å². The van der Waals surface area contributed by atoms with Crippen molar-refractivity contribution in [3.05, 3.63) is 54.1 Å². The van der Waals surface area contributed by atoms with Gasteiger partial charge in [-0.05, 0) is 57.2 Å². The Bertz CT molecular complexity index is 1020. The minimum absolute atomic E-state index is 0.195. The first kappa shape index (κ1) is 20.8. The number of nitrogens with two attached hydrogens (primary N) is 1. The van der Waals surface area contributed by atoms with Gasteiger partial charge in [-0.2, -0.15) is 0 Å². The molecule has 4 N–H and O–H groups in total. The number of anilines is 3. The van der Waals surface area contributed by atoms with Crippen LogP contribution in [0.25, 0.3) is 0 Å². The first-order valence-electron chi connectivity index (χ1n) is 9.23. The molecule has 156 valence electrons. The fourth-order valence-electron chi connectivity index (χ4n) is 3.14. The van der Waals surface area contributed by atoms with Gasteiger partial charge in [-0.3, -0.25) is 14.5 Å². The SMILES string of the molecule is C[C@H](OC(=O)c1ccc(NC(N)=O)cc1)C(=O)N1c2ccccc2NC(=O)C1(C)C. The summed E-state index contributed by atoms with van der Waals surface area (Å²) in [5, 5.41) is 5.16. The van der Waals surface area contributed by atoms with Crippen molar-refractivity contribution in [2.75, 3.05) is 15.5 Å². The summed E-state index contributed by atoms with van der Waals surface area (Å²) >= 11 is 0. The van der Waals surface area contributed by atoms with Gasteiger partial charge in [0.1, 0.15) is 5.54 Å². The van der Waals surface area contributed by atoms with E-state index < -0.39 is 29.6 Å². The highest BCUT2D eigenvalue weighted by molar-refractivity contribution is 6.15. The molecule has 2 aromatic rings. The predicted molar refractivity (Wildman–Crippen MR) is 111 cm³/mol. The molecule has 1 aliphatic heterocycles. The Labute approximate surface area is 173 Å². The summed E-state index contributed by atoms with van der Waals surface area (Å²) in [7, 11) is 0. The average molecular weight is 410 g/mol. The molecular weight excluding hydrogens is 388 g/mol. The Balaban J connectivity index is 1.79. The van der Waals surface area contributed by atoms with Gasteiger partial charge in [0.15, 0.2) is 6.10 Å². The molecule has 30 heavy (non-hydrogen) atoms. The highest BCUT2D eigenvalue weighted by Crippen LogP contribution is 2.37. The molecule has 0 saturated carbocycles. The Morgan fingerprint density at radius 1 is 1.10 bits per heavy atom. The summed E-state index contributed by atoms with van der Waals surface area (Å²) in [5.74, 6) is -1.58. The largest absolute Gasteiger partial charge is 0.449 e. The van der Waals surface area contributed by atoms with E-state index in [0.29, 0.717) is 17.1 Å². The Morgan fingerprint density at radius 3 is 2.37 bits per heavy atom. The maximum absolute atomic E-state index is 13.2.